The fourth-order valence-corrected chi connectivity index (χ4v) is 2.23. The summed E-state index contributed by atoms with van der Waals surface area (Å²) < 4.78 is 0. The molecule has 0 aliphatic carbocycles. The fourth-order valence-electron chi connectivity index (χ4n) is 2.23. The lowest BCUT2D eigenvalue weighted by molar-refractivity contribution is -0.0449. The third kappa shape index (κ3) is 1.73. The van der Waals surface area contributed by atoms with E-state index in [0.29, 0.717) is 0 Å². The topological polar surface area (TPSA) is 35.5 Å². The van der Waals surface area contributed by atoms with Gasteiger partial charge in [0, 0.05) is 37.6 Å². The number of likely N-dealkylation sites (tertiary alicyclic amines) is 1. The second-order valence-electron chi connectivity index (χ2n) is 5.08. The van der Waals surface area contributed by atoms with Crippen LogP contribution in [0.15, 0.2) is 0 Å². The van der Waals surface area contributed by atoms with Crippen LogP contribution in [0.4, 0.5) is 0 Å². The van der Waals surface area contributed by atoms with Crippen molar-refractivity contribution in [1.82, 2.24) is 10.2 Å². The van der Waals surface area contributed by atoms with Crippen molar-refractivity contribution in [1.29, 1.82) is 0 Å². The summed E-state index contributed by atoms with van der Waals surface area (Å²) in [6.07, 6.45) is 0.820. The molecule has 1 unspecified atom stereocenters. The van der Waals surface area contributed by atoms with Crippen LogP contribution in [0.1, 0.15) is 20.3 Å². The van der Waals surface area contributed by atoms with E-state index >= 15 is 0 Å². The summed E-state index contributed by atoms with van der Waals surface area (Å²) in [5.41, 5.74) is 0.0772. The molecular weight excluding hydrogens is 164 g/mol. The molecule has 3 heteroatoms. The van der Waals surface area contributed by atoms with Crippen LogP contribution in [0, 0.1) is 5.41 Å². The second kappa shape index (κ2) is 3.23. The highest BCUT2D eigenvalue weighted by Crippen LogP contribution is 2.30. The Labute approximate surface area is 80.1 Å². The SMILES string of the molecule is CC1(C)CN(C2CNC2)CCC1O. The molecule has 2 rings (SSSR count). The predicted octanol–water partition coefficient (Wildman–Crippen LogP) is 0.0510. The van der Waals surface area contributed by atoms with E-state index in [1.165, 1.54) is 0 Å². The normalized spacial score (nSPS) is 35.8. The number of aliphatic hydroxyl groups is 1. The average molecular weight is 184 g/mol. The Balaban J connectivity index is 1.94. The molecular formula is C10H20N2O. The first kappa shape index (κ1) is 9.44. The molecule has 2 aliphatic rings. The molecule has 0 spiro atoms. The van der Waals surface area contributed by atoms with Crippen LogP contribution < -0.4 is 5.32 Å². The summed E-state index contributed by atoms with van der Waals surface area (Å²) in [7, 11) is 0. The first-order valence-corrected chi connectivity index (χ1v) is 5.22. The minimum Gasteiger partial charge on any atom is -0.392 e. The summed E-state index contributed by atoms with van der Waals surface area (Å²) in [6.45, 7) is 8.70. The predicted molar refractivity (Wildman–Crippen MR) is 52.6 cm³/mol. The summed E-state index contributed by atoms with van der Waals surface area (Å²) in [4.78, 5) is 2.52. The number of rotatable bonds is 1. The van der Waals surface area contributed by atoms with Gasteiger partial charge in [-0.15, -0.1) is 0 Å². The molecule has 2 heterocycles. The highest BCUT2D eigenvalue weighted by atomic mass is 16.3. The molecule has 0 radical (unpaired) electrons. The highest BCUT2D eigenvalue weighted by molar-refractivity contribution is 4.93. The molecule has 2 fully saturated rings. The molecule has 2 saturated heterocycles. The Bertz CT molecular complexity index is 189. The summed E-state index contributed by atoms with van der Waals surface area (Å²) in [5, 5.41) is 13.1. The van der Waals surface area contributed by atoms with E-state index in [0.717, 1.165) is 38.6 Å². The molecule has 0 aromatic heterocycles. The Kier molecular flexibility index (Phi) is 2.34. The molecule has 2 aliphatic heterocycles. The number of hydrogen-bond donors (Lipinski definition) is 2. The maximum absolute atomic E-state index is 9.78. The van der Waals surface area contributed by atoms with Gasteiger partial charge in [-0.1, -0.05) is 13.8 Å². The molecule has 3 nitrogen and oxygen atoms in total. The Morgan fingerprint density at radius 3 is 2.54 bits per heavy atom. The van der Waals surface area contributed by atoms with E-state index in [2.05, 4.69) is 24.1 Å². The van der Waals surface area contributed by atoms with E-state index in [9.17, 15) is 5.11 Å². The lowest BCUT2D eigenvalue weighted by Gasteiger charge is -2.47. The van der Waals surface area contributed by atoms with Gasteiger partial charge in [0.25, 0.3) is 0 Å². The summed E-state index contributed by atoms with van der Waals surface area (Å²) in [6, 6.07) is 0.728. The Morgan fingerprint density at radius 1 is 1.38 bits per heavy atom. The van der Waals surface area contributed by atoms with Crippen molar-refractivity contribution in [2.75, 3.05) is 26.2 Å². The second-order valence-corrected chi connectivity index (χ2v) is 5.08. The molecule has 76 valence electrons. The average Bonchev–Trinajstić information content (AvgIpc) is 1.92. The molecule has 0 amide bonds. The van der Waals surface area contributed by atoms with Gasteiger partial charge in [0.2, 0.25) is 0 Å². The third-order valence-electron chi connectivity index (χ3n) is 3.48. The van der Waals surface area contributed by atoms with Gasteiger partial charge in [-0.3, -0.25) is 4.90 Å². The van der Waals surface area contributed by atoms with Gasteiger partial charge in [0.1, 0.15) is 0 Å². The van der Waals surface area contributed by atoms with Crippen LogP contribution in [0.2, 0.25) is 0 Å². The van der Waals surface area contributed by atoms with Gasteiger partial charge in [0.05, 0.1) is 6.10 Å². The van der Waals surface area contributed by atoms with E-state index < -0.39 is 0 Å². The summed E-state index contributed by atoms with van der Waals surface area (Å²) >= 11 is 0. The van der Waals surface area contributed by atoms with Crippen molar-refractivity contribution in [2.24, 2.45) is 5.41 Å². The zero-order valence-electron chi connectivity index (χ0n) is 8.58. The van der Waals surface area contributed by atoms with E-state index in [4.69, 9.17) is 0 Å². The van der Waals surface area contributed by atoms with Crippen LogP contribution >= 0.6 is 0 Å². The van der Waals surface area contributed by atoms with Crippen molar-refractivity contribution in [3.05, 3.63) is 0 Å². The van der Waals surface area contributed by atoms with Crippen LogP contribution in [-0.2, 0) is 0 Å². The largest absolute Gasteiger partial charge is 0.392 e. The molecule has 0 bridgehead atoms. The van der Waals surface area contributed by atoms with Crippen molar-refractivity contribution in [2.45, 2.75) is 32.4 Å². The number of aliphatic hydroxyl groups excluding tert-OH is 1. The van der Waals surface area contributed by atoms with Crippen molar-refractivity contribution < 1.29 is 5.11 Å². The number of nitrogens with one attached hydrogen (secondary N) is 1. The molecule has 0 saturated carbocycles. The van der Waals surface area contributed by atoms with Crippen LogP contribution in [0.5, 0.6) is 0 Å². The molecule has 13 heavy (non-hydrogen) atoms. The lowest BCUT2D eigenvalue weighted by atomic mass is 9.80. The standard InChI is InChI=1S/C10H20N2O/c1-10(2)7-12(4-3-9(10)13)8-5-11-6-8/h8-9,11,13H,3-7H2,1-2H3. The number of hydrogen-bond acceptors (Lipinski definition) is 3. The molecule has 2 N–H and O–H groups in total. The minimum atomic E-state index is -0.114. The van der Waals surface area contributed by atoms with Crippen molar-refractivity contribution in [3.8, 4) is 0 Å². The van der Waals surface area contributed by atoms with Crippen LogP contribution in [-0.4, -0.2) is 48.3 Å². The zero-order chi connectivity index (χ0) is 9.47. The smallest absolute Gasteiger partial charge is 0.0615 e. The Hall–Kier alpha value is -0.120. The summed E-state index contributed by atoms with van der Waals surface area (Å²) in [5.74, 6) is 0. The number of piperidine rings is 1. The van der Waals surface area contributed by atoms with Gasteiger partial charge >= 0.3 is 0 Å². The zero-order valence-corrected chi connectivity index (χ0v) is 8.58. The minimum absolute atomic E-state index is 0.0772. The number of nitrogens with zero attached hydrogens (tertiary/aromatic N) is 1. The lowest BCUT2D eigenvalue weighted by Crippen LogP contribution is -2.62. The van der Waals surface area contributed by atoms with E-state index in [-0.39, 0.29) is 11.5 Å². The van der Waals surface area contributed by atoms with E-state index in [1.807, 2.05) is 0 Å². The highest BCUT2D eigenvalue weighted by Gasteiger charge is 2.38. The first-order valence-electron chi connectivity index (χ1n) is 5.22. The first-order chi connectivity index (χ1) is 6.09. The Morgan fingerprint density at radius 2 is 2.08 bits per heavy atom. The van der Waals surface area contributed by atoms with Gasteiger partial charge < -0.3 is 10.4 Å². The van der Waals surface area contributed by atoms with Gasteiger partial charge in [-0.05, 0) is 6.42 Å². The fraction of sp³-hybridized carbons (Fsp3) is 1.00. The quantitative estimate of drug-likeness (QED) is 0.604. The van der Waals surface area contributed by atoms with Crippen LogP contribution in [0.3, 0.4) is 0 Å². The monoisotopic (exact) mass is 184 g/mol. The maximum Gasteiger partial charge on any atom is 0.0615 e. The molecule has 0 aromatic carbocycles. The molecule has 1 atom stereocenters. The van der Waals surface area contributed by atoms with Gasteiger partial charge in [0.15, 0.2) is 0 Å². The van der Waals surface area contributed by atoms with Crippen molar-refractivity contribution >= 4 is 0 Å². The van der Waals surface area contributed by atoms with Gasteiger partial charge in [-0.2, -0.15) is 0 Å². The maximum atomic E-state index is 9.78. The molecule has 0 aromatic rings. The third-order valence-corrected chi connectivity index (χ3v) is 3.48. The van der Waals surface area contributed by atoms with E-state index in [1.54, 1.807) is 0 Å². The van der Waals surface area contributed by atoms with Crippen molar-refractivity contribution in [3.63, 3.8) is 0 Å². The van der Waals surface area contributed by atoms with Gasteiger partial charge in [-0.25, -0.2) is 0 Å². The van der Waals surface area contributed by atoms with Crippen LogP contribution in [0.25, 0.3) is 0 Å².